The largest absolute Gasteiger partial charge is 0.508 e. The molecule has 0 aromatic heterocycles. The Labute approximate surface area is 83.1 Å². The fraction of sp³-hybridized carbons (Fsp3) is 0.400. The van der Waals surface area contributed by atoms with Gasteiger partial charge in [-0.2, -0.15) is 0 Å². The van der Waals surface area contributed by atoms with Crippen molar-refractivity contribution in [3.05, 3.63) is 23.8 Å². The van der Waals surface area contributed by atoms with Crippen LogP contribution in [0, 0.1) is 0 Å². The summed E-state index contributed by atoms with van der Waals surface area (Å²) in [4.78, 5) is 1.11. The van der Waals surface area contributed by atoms with Gasteiger partial charge in [-0.3, -0.25) is 0 Å². The average Bonchev–Trinajstić information content (AvgIpc) is 2.08. The Hall–Kier alpha value is -0.670. The zero-order valence-electron chi connectivity index (χ0n) is 7.95. The highest BCUT2D eigenvalue weighted by Crippen LogP contribution is 2.28. The highest BCUT2D eigenvalue weighted by atomic mass is 32.2. The van der Waals surface area contributed by atoms with Crippen LogP contribution in [0.5, 0.6) is 5.75 Å². The maximum atomic E-state index is 9.60. The summed E-state index contributed by atoms with van der Waals surface area (Å²) in [5.74, 6) is 0.351. The monoisotopic (exact) mass is 197 g/mol. The van der Waals surface area contributed by atoms with Gasteiger partial charge in [-0.15, -0.1) is 11.8 Å². The third-order valence-electron chi connectivity index (χ3n) is 1.85. The third kappa shape index (κ3) is 2.64. The Kier molecular flexibility index (Phi) is 3.63. The predicted molar refractivity (Wildman–Crippen MR) is 57.2 cm³/mol. The van der Waals surface area contributed by atoms with Crippen molar-refractivity contribution in [3.8, 4) is 5.75 Å². The maximum absolute atomic E-state index is 9.60. The molecule has 13 heavy (non-hydrogen) atoms. The molecule has 2 nitrogen and oxygen atoms in total. The molecule has 0 fully saturated rings. The number of phenolic OH excluding ortho intramolecular Hbond substituents is 1. The molecular formula is C10H15NOS. The molecule has 3 N–H and O–H groups in total. The van der Waals surface area contributed by atoms with Crippen molar-refractivity contribution in [2.24, 2.45) is 5.73 Å². The number of aromatic hydroxyl groups is 1. The second-order valence-electron chi connectivity index (χ2n) is 3.14. The molecule has 0 amide bonds. The summed E-state index contributed by atoms with van der Waals surface area (Å²) in [7, 11) is 0. The fourth-order valence-electron chi connectivity index (χ4n) is 1.27. The second-order valence-corrected chi connectivity index (χ2v) is 3.99. The number of rotatable bonds is 3. The Bertz CT molecular complexity index is 286. The summed E-state index contributed by atoms with van der Waals surface area (Å²) >= 11 is 1.64. The van der Waals surface area contributed by atoms with Crippen molar-refractivity contribution in [2.45, 2.75) is 24.3 Å². The summed E-state index contributed by atoms with van der Waals surface area (Å²) in [5, 5.41) is 9.60. The lowest BCUT2D eigenvalue weighted by molar-refractivity contribution is 0.463. The highest BCUT2D eigenvalue weighted by Gasteiger charge is 2.08. The number of nitrogens with two attached hydrogens (primary N) is 1. The van der Waals surface area contributed by atoms with E-state index in [2.05, 4.69) is 0 Å². The van der Waals surface area contributed by atoms with E-state index < -0.39 is 0 Å². The van der Waals surface area contributed by atoms with E-state index in [-0.39, 0.29) is 6.04 Å². The molecule has 3 heteroatoms. The third-order valence-corrected chi connectivity index (χ3v) is 2.68. The van der Waals surface area contributed by atoms with E-state index in [0.717, 1.165) is 16.9 Å². The molecule has 0 aliphatic carbocycles. The number of phenols is 1. The minimum Gasteiger partial charge on any atom is -0.508 e. The second kappa shape index (κ2) is 4.53. The first-order chi connectivity index (χ1) is 6.15. The van der Waals surface area contributed by atoms with Crippen molar-refractivity contribution >= 4 is 11.8 Å². The van der Waals surface area contributed by atoms with Crippen LogP contribution in [-0.4, -0.2) is 17.4 Å². The number of hydrogen-bond acceptors (Lipinski definition) is 3. The van der Waals surface area contributed by atoms with Crippen molar-refractivity contribution < 1.29 is 5.11 Å². The Balaban J connectivity index is 3.00. The van der Waals surface area contributed by atoms with Crippen LogP contribution in [0.4, 0.5) is 0 Å². The van der Waals surface area contributed by atoms with Crippen LogP contribution < -0.4 is 5.73 Å². The molecule has 0 spiro atoms. The summed E-state index contributed by atoms with van der Waals surface area (Å²) in [6.45, 7) is 1.94. The van der Waals surface area contributed by atoms with Gasteiger partial charge in [0.25, 0.3) is 0 Å². The van der Waals surface area contributed by atoms with Crippen LogP contribution in [0.1, 0.15) is 12.5 Å². The molecule has 0 heterocycles. The molecule has 0 aliphatic heterocycles. The molecule has 0 bridgehead atoms. The molecule has 1 aromatic carbocycles. The molecule has 72 valence electrons. The van der Waals surface area contributed by atoms with Gasteiger partial charge in [-0.05, 0) is 31.7 Å². The highest BCUT2D eigenvalue weighted by molar-refractivity contribution is 7.98. The average molecular weight is 197 g/mol. The van der Waals surface area contributed by atoms with Gasteiger partial charge in [0.2, 0.25) is 0 Å². The van der Waals surface area contributed by atoms with Gasteiger partial charge in [-0.1, -0.05) is 6.07 Å². The lowest BCUT2D eigenvalue weighted by Crippen LogP contribution is -2.18. The van der Waals surface area contributed by atoms with E-state index in [1.807, 2.05) is 25.3 Å². The molecule has 0 saturated carbocycles. The zero-order chi connectivity index (χ0) is 9.84. The van der Waals surface area contributed by atoms with Gasteiger partial charge in [0.15, 0.2) is 0 Å². The molecule has 1 aromatic rings. The van der Waals surface area contributed by atoms with Crippen LogP contribution in [-0.2, 0) is 6.42 Å². The van der Waals surface area contributed by atoms with Crippen LogP contribution in [0.25, 0.3) is 0 Å². The molecule has 1 unspecified atom stereocenters. The minimum absolute atomic E-state index is 0.0826. The van der Waals surface area contributed by atoms with Crippen molar-refractivity contribution in [2.75, 3.05) is 6.26 Å². The van der Waals surface area contributed by atoms with E-state index in [1.54, 1.807) is 17.8 Å². The first kappa shape index (κ1) is 10.4. The summed E-state index contributed by atoms with van der Waals surface area (Å²) in [5.41, 5.74) is 6.66. The van der Waals surface area contributed by atoms with E-state index in [9.17, 15) is 5.11 Å². The fourth-order valence-corrected chi connectivity index (χ4v) is 1.92. The van der Waals surface area contributed by atoms with E-state index in [4.69, 9.17) is 5.73 Å². The van der Waals surface area contributed by atoms with Crippen molar-refractivity contribution in [3.63, 3.8) is 0 Å². The number of thioether (sulfide) groups is 1. The van der Waals surface area contributed by atoms with Gasteiger partial charge in [0, 0.05) is 16.5 Å². The summed E-state index contributed by atoms with van der Waals surface area (Å²) in [6, 6.07) is 5.64. The molecule has 0 saturated heterocycles. The van der Waals surface area contributed by atoms with Gasteiger partial charge < -0.3 is 10.8 Å². The van der Waals surface area contributed by atoms with Crippen LogP contribution in [0.15, 0.2) is 23.1 Å². The maximum Gasteiger partial charge on any atom is 0.119 e. The van der Waals surface area contributed by atoms with Gasteiger partial charge in [0.1, 0.15) is 5.75 Å². The summed E-state index contributed by atoms with van der Waals surface area (Å²) in [6.07, 6.45) is 2.72. The van der Waals surface area contributed by atoms with Crippen LogP contribution >= 0.6 is 11.8 Å². The van der Waals surface area contributed by atoms with Gasteiger partial charge in [-0.25, -0.2) is 0 Å². The first-order valence-electron chi connectivity index (χ1n) is 4.25. The Morgan fingerprint density at radius 2 is 2.23 bits per heavy atom. The molecule has 0 aliphatic rings. The van der Waals surface area contributed by atoms with Gasteiger partial charge >= 0.3 is 0 Å². The first-order valence-corrected chi connectivity index (χ1v) is 5.48. The minimum atomic E-state index is 0.0826. The number of hydrogen-bond donors (Lipinski definition) is 2. The number of benzene rings is 1. The molecule has 1 atom stereocenters. The molecular weight excluding hydrogens is 182 g/mol. The quantitative estimate of drug-likeness (QED) is 0.729. The predicted octanol–water partition coefficient (Wildman–Crippen LogP) is 2.00. The van der Waals surface area contributed by atoms with E-state index in [1.165, 1.54) is 0 Å². The van der Waals surface area contributed by atoms with Crippen molar-refractivity contribution in [1.29, 1.82) is 0 Å². The normalized spacial score (nSPS) is 12.8. The van der Waals surface area contributed by atoms with Gasteiger partial charge in [0.05, 0.1) is 0 Å². The lowest BCUT2D eigenvalue weighted by Gasteiger charge is -2.11. The lowest BCUT2D eigenvalue weighted by atomic mass is 10.1. The SMILES string of the molecule is CSc1cccc(O)c1CC(C)N. The molecule has 0 radical (unpaired) electrons. The Morgan fingerprint density at radius 1 is 1.54 bits per heavy atom. The standard InChI is InChI=1S/C10H15NOS/c1-7(11)6-8-9(12)4-3-5-10(8)13-2/h3-5,7,12H,6,11H2,1-2H3. The van der Waals surface area contributed by atoms with Crippen LogP contribution in [0.3, 0.4) is 0 Å². The van der Waals surface area contributed by atoms with Crippen LogP contribution in [0.2, 0.25) is 0 Å². The zero-order valence-corrected chi connectivity index (χ0v) is 8.77. The van der Waals surface area contributed by atoms with E-state index in [0.29, 0.717) is 5.75 Å². The molecule has 1 rings (SSSR count). The topological polar surface area (TPSA) is 46.2 Å². The smallest absolute Gasteiger partial charge is 0.119 e. The Morgan fingerprint density at radius 3 is 2.77 bits per heavy atom. The summed E-state index contributed by atoms with van der Waals surface area (Å²) < 4.78 is 0. The van der Waals surface area contributed by atoms with E-state index >= 15 is 0 Å². The van der Waals surface area contributed by atoms with Crippen molar-refractivity contribution in [1.82, 2.24) is 0 Å².